The quantitative estimate of drug-likeness (QED) is 0.726. The number of nitrogens with one attached hydrogen (secondary N) is 1. The first kappa shape index (κ1) is 17.9. The summed E-state index contributed by atoms with van der Waals surface area (Å²) in [7, 11) is 0. The Balaban J connectivity index is 1.20. The third kappa shape index (κ3) is 2.97. The molecule has 0 unspecified atom stereocenters. The van der Waals surface area contributed by atoms with Gasteiger partial charge in [0.25, 0.3) is 0 Å². The molecule has 7 rings (SSSR count). The molecule has 6 nitrogen and oxygen atoms in total. The van der Waals surface area contributed by atoms with Crippen LogP contribution in [0.15, 0.2) is 53.5 Å². The molecule has 0 radical (unpaired) electrons. The van der Waals surface area contributed by atoms with Gasteiger partial charge in [0, 0.05) is 17.8 Å². The van der Waals surface area contributed by atoms with Crippen molar-refractivity contribution >= 4 is 17.2 Å². The van der Waals surface area contributed by atoms with Gasteiger partial charge in [0.05, 0.1) is 6.54 Å². The van der Waals surface area contributed by atoms with Crippen molar-refractivity contribution in [2.24, 2.45) is 29.6 Å². The highest BCUT2D eigenvalue weighted by atomic mass is 16.2. The topological polar surface area (TPSA) is 68.4 Å². The third-order valence-electron chi connectivity index (χ3n) is 7.54. The number of pyridine rings is 1. The Kier molecular flexibility index (Phi) is 4.08. The molecule has 2 aromatic heterocycles. The van der Waals surface area contributed by atoms with Crippen LogP contribution < -0.4 is 11.0 Å². The predicted molar refractivity (Wildman–Crippen MR) is 114 cm³/mol. The van der Waals surface area contributed by atoms with Crippen LogP contribution in [0, 0.1) is 29.6 Å². The van der Waals surface area contributed by atoms with Crippen molar-refractivity contribution in [1.29, 1.82) is 0 Å². The lowest BCUT2D eigenvalue weighted by Gasteiger charge is -2.53. The summed E-state index contributed by atoms with van der Waals surface area (Å²) in [5, 5.41) is 7.59. The number of nitrogens with zero attached hydrogens (tertiary/aromatic N) is 3. The zero-order valence-corrected chi connectivity index (χ0v) is 16.9. The molecule has 6 heteroatoms. The fourth-order valence-electron chi connectivity index (χ4n) is 6.57. The fourth-order valence-corrected chi connectivity index (χ4v) is 6.57. The average Bonchev–Trinajstić information content (AvgIpc) is 3.03. The number of hydrogen-bond donors (Lipinski definition) is 1. The Morgan fingerprint density at radius 2 is 1.77 bits per heavy atom. The summed E-state index contributed by atoms with van der Waals surface area (Å²) in [6.07, 6.45) is 8.07. The molecule has 0 atom stereocenters. The Bertz CT molecular complexity index is 1150. The van der Waals surface area contributed by atoms with Gasteiger partial charge >= 0.3 is 5.69 Å². The summed E-state index contributed by atoms with van der Waals surface area (Å²) in [5.41, 5.74) is 2.23. The molecule has 4 saturated carbocycles. The minimum absolute atomic E-state index is 0.159. The first-order chi connectivity index (χ1) is 14.6. The monoisotopic (exact) mass is 402 g/mol. The van der Waals surface area contributed by atoms with Crippen LogP contribution in [0.25, 0.3) is 5.65 Å². The van der Waals surface area contributed by atoms with Crippen molar-refractivity contribution in [2.45, 2.75) is 38.6 Å². The van der Waals surface area contributed by atoms with Crippen LogP contribution in [0.2, 0.25) is 0 Å². The Morgan fingerprint density at radius 1 is 1.00 bits per heavy atom. The molecule has 154 valence electrons. The molecule has 4 fully saturated rings. The minimum atomic E-state index is -0.159. The van der Waals surface area contributed by atoms with Crippen LogP contribution in [-0.2, 0) is 11.3 Å². The van der Waals surface area contributed by atoms with E-state index in [4.69, 9.17) is 0 Å². The second kappa shape index (κ2) is 6.83. The van der Waals surface area contributed by atoms with Crippen LogP contribution in [0.4, 0.5) is 5.69 Å². The molecule has 1 aromatic carbocycles. The van der Waals surface area contributed by atoms with Gasteiger partial charge in [-0.2, -0.15) is 0 Å². The van der Waals surface area contributed by atoms with E-state index in [1.54, 1.807) is 6.20 Å². The number of benzene rings is 1. The molecule has 1 N–H and O–H groups in total. The van der Waals surface area contributed by atoms with E-state index < -0.39 is 0 Å². The molecule has 4 aliphatic rings. The smallest absolute Gasteiger partial charge is 0.326 e. The van der Waals surface area contributed by atoms with Gasteiger partial charge in [0.15, 0.2) is 5.65 Å². The second-order valence-electron chi connectivity index (χ2n) is 9.52. The van der Waals surface area contributed by atoms with E-state index in [1.165, 1.54) is 41.2 Å². The number of anilines is 1. The second-order valence-corrected chi connectivity index (χ2v) is 9.52. The number of amides is 1. The van der Waals surface area contributed by atoms with Crippen molar-refractivity contribution in [3.8, 4) is 0 Å². The van der Waals surface area contributed by atoms with Crippen LogP contribution in [0.3, 0.4) is 0 Å². The Morgan fingerprint density at radius 3 is 2.50 bits per heavy atom. The molecule has 4 bridgehead atoms. The highest BCUT2D eigenvalue weighted by Gasteiger charge is 2.50. The van der Waals surface area contributed by atoms with Gasteiger partial charge in [-0.25, -0.2) is 9.48 Å². The summed E-state index contributed by atoms with van der Waals surface area (Å²) < 4.78 is 3.01. The zero-order chi connectivity index (χ0) is 20.2. The van der Waals surface area contributed by atoms with Crippen molar-refractivity contribution in [1.82, 2.24) is 14.2 Å². The average molecular weight is 402 g/mol. The van der Waals surface area contributed by atoms with E-state index in [2.05, 4.69) is 10.4 Å². The largest absolute Gasteiger partial charge is 0.350 e. The van der Waals surface area contributed by atoms with Gasteiger partial charge in [0.2, 0.25) is 5.91 Å². The Labute approximate surface area is 174 Å². The molecular formula is C24H26N4O2. The molecule has 3 aromatic rings. The van der Waals surface area contributed by atoms with Gasteiger partial charge in [0.1, 0.15) is 0 Å². The van der Waals surface area contributed by atoms with Crippen LogP contribution in [0.1, 0.15) is 37.7 Å². The summed E-state index contributed by atoms with van der Waals surface area (Å²) in [5.74, 6) is 3.22. The SMILES string of the molecule is O=C(Nc1cccc(Cn2nc3ccccn3c2=O)c1)C1C2CC3CC(C2)CC1C3. The molecule has 0 spiro atoms. The van der Waals surface area contributed by atoms with Gasteiger partial charge in [-0.3, -0.25) is 9.20 Å². The van der Waals surface area contributed by atoms with Crippen molar-refractivity contribution in [3.63, 3.8) is 0 Å². The lowest BCUT2D eigenvalue weighted by molar-refractivity contribution is -0.132. The standard InChI is InChI=1S/C24H26N4O2/c29-23(22-18-9-16-8-17(11-18)12-19(22)10-16)25-20-5-3-4-15(13-20)14-28-24(30)27-7-2-1-6-21(27)26-28/h1-7,13,16-19,22H,8-12,14H2,(H,25,29). The summed E-state index contributed by atoms with van der Waals surface area (Å²) in [6.45, 7) is 0.377. The number of aromatic nitrogens is 3. The van der Waals surface area contributed by atoms with E-state index in [-0.39, 0.29) is 17.5 Å². The first-order valence-electron chi connectivity index (χ1n) is 11.1. The van der Waals surface area contributed by atoms with Crippen molar-refractivity contribution < 1.29 is 4.79 Å². The highest BCUT2D eigenvalue weighted by Crippen LogP contribution is 2.56. The van der Waals surface area contributed by atoms with Crippen molar-refractivity contribution in [3.05, 3.63) is 64.7 Å². The highest BCUT2D eigenvalue weighted by molar-refractivity contribution is 5.93. The fraction of sp³-hybridized carbons (Fsp3) is 0.458. The Hall–Kier alpha value is -2.89. The molecular weight excluding hydrogens is 376 g/mol. The number of carbonyl (C=O) groups is 1. The first-order valence-corrected chi connectivity index (χ1v) is 11.1. The molecule has 1 amide bonds. The van der Waals surface area contributed by atoms with Gasteiger partial charge in [-0.05, 0) is 85.6 Å². The maximum Gasteiger partial charge on any atom is 0.350 e. The number of hydrogen-bond acceptors (Lipinski definition) is 3. The van der Waals surface area contributed by atoms with E-state index >= 15 is 0 Å². The molecule has 2 heterocycles. The summed E-state index contributed by atoms with van der Waals surface area (Å²) in [4.78, 5) is 25.7. The maximum absolute atomic E-state index is 13.2. The lowest BCUT2D eigenvalue weighted by Crippen LogP contribution is -2.49. The molecule has 30 heavy (non-hydrogen) atoms. The van der Waals surface area contributed by atoms with E-state index in [0.717, 1.165) is 23.1 Å². The van der Waals surface area contributed by atoms with Crippen LogP contribution in [0.5, 0.6) is 0 Å². The van der Waals surface area contributed by atoms with Gasteiger partial charge in [-0.1, -0.05) is 18.2 Å². The van der Waals surface area contributed by atoms with Crippen LogP contribution >= 0.6 is 0 Å². The number of fused-ring (bicyclic) bond motifs is 1. The molecule has 0 saturated heterocycles. The normalized spacial score (nSPS) is 29.4. The van der Waals surface area contributed by atoms with Crippen LogP contribution in [-0.4, -0.2) is 20.1 Å². The summed E-state index contributed by atoms with van der Waals surface area (Å²) >= 11 is 0. The molecule has 4 aliphatic carbocycles. The zero-order valence-electron chi connectivity index (χ0n) is 16.9. The minimum Gasteiger partial charge on any atom is -0.326 e. The number of rotatable bonds is 4. The van der Waals surface area contributed by atoms with E-state index in [1.807, 2.05) is 42.5 Å². The number of carbonyl (C=O) groups excluding carboxylic acids is 1. The molecule has 0 aliphatic heterocycles. The maximum atomic E-state index is 13.2. The predicted octanol–water partition coefficient (Wildman–Crippen LogP) is 3.56. The van der Waals surface area contributed by atoms with E-state index in [0.29, 0.717) is 24.0 Å². The van der Waals surface area contributed by atoms with Gasteiger partial charge in [-0.15, -0.1) is 5.10 Å². The summed E-state index contributed by atoms with van der Waals surface area (Å²) in [6, 6.07) is 13.3. The third-order valence-corrected chi connectivity index (χ3v) is 7.54. The lowest BCUT2D eigenvalue weighted by atomic mass is 9.51. The van der Waals surface area contributed by atoms with Crippen molar-refractivity contribution in [2.75, 3.05) is 5.32 Å². The van der Waals surface area contributed by atoms with Gasteiger partial charge < -0.3 is 5.32 Å². The van der Waals surface area contributed by atoms with E-state index in [9.17, 15) is 9.59 Å².